The van der Waals surface area contributed by atoms with E-state index in [1.807, 2.05) is 54.6 Å². The maximum absolute atomic E-state index is 11.8. The molecule has 3 unspecified atom stereocenters. The van der Waals surface area contributed by atoms with Gasteiger partial charge in [0.05, 0.1) is 0 Å². The van der Waals surface area contributed by atoms with E-state index in [0.717, 1.165) is 14.7 Å². The Bertz CT molecular complexity index is 799. The molecule has 1 N–H and O–H groups in total. The molecule has 24 heavy (non-hydrogen) atoms. The molecule has 3 rings (SSSR count). The third-order valence-electron chi connectivity index (χ3n) is 3.53. The average molecular weight is 461 g/mol. The lowest BCUT2D eigenvalue weighted by molar-refractivity contribution is -0.104. The summed E-state index contributed by atoms with van der Waals surface area (Å²) in [6.07, 6.45) is -2.45. The monoisotopic (exact) mass is 461 g/mol. The van der Waals surface area contributed by atoms with Crippen molar-refractivity contribution in [1.29, 1.82) is 0 Å². The Morgan fingerprint density at radius 1 is 1.04 bits per heavy atom. The van der Waals surface area contributed by atoms with Gasteiger partial charge in [-0.25, -0.2) is 4.18 Å². The van der Waals surface area contributed by atoms with Crippen LogP contribution in [0.2, 0.25) is 0 Å². The van der Waals surface area contributed by atoms with Gasteiger partial charge in [-0.05, 0) is 34.2 Å². The number of nitrogens with one attached hydrogen (secondary N) is 1. The molecule has 0 amide bonds. The number of hydrogen-bond acceptors (Lipinski definition) is 5. The Morgan fingerprint density at radius 3 is 2.38 bits per heavy atom. The molecule has 0 spiro atoms. The number of hydrogen-bond donors (Lipinski definition) is 1. The van der Waals surface area contributed by atoms with Crippen LogP contribution in [0.4, 0.5) is 0 Å². The van der Waals surface area contributed by atoms with Crippen molar-refractivity contribution in [3.8, 4) is 0 Å². The molecule has 2 aromatic carbocycles. The molecule has 128 valence electrons. The summed E-state index contributed by atoms with van der Waals surface area (Å²) in [5.74, 6) is 0. The minimum atomic E-state index is -3.92. The maximum Gasteiger partial charge on any atom is 0.338 e. The molecule has 0 bridgehead atoms. The highest BCUT2D eigenvalue weighted by molar-refractivity contribution is 14.1. The van der Waals surface area contributed by atoms with E-state index in [9.17, 15) is 8.42 Å². The van der Waals surface area contributed by atoms with E-state index >= 15 is 0 Å². The molecule has 6 nitrogen and oxygen atoms in total. The standard InChI is InChI=1S/C16H16INO5S/c1-18-24(19,20)23-16-14(12-9-5-6-10-13(12)17)21-15(22-16)11-7-3-2-4-8-11/h2-10,14-16,18H,1H3. The van der Waals surface area contributed by atoms with Gasteiger partial charge in [0, 0.05) is 16.2 Å². The van der Waals surface area contributed by atoms with Gasteiger partial charge in [0.1, 0.15) is 6.10 Å². The maximum atomic E-state index is 11.8. The van der Waals surface area contributed by atoms with E-state index in [1.165, 1.54) is 7.05 Å². The second kappa shape index (κ2) is 7.46. The van der Waals surface area contributed by atoms with E-state index in [1.54, 1.807) is 0 Å². The summed E-state index contributed by atoms with van der Waals surface area (Å²) in [5.41, 5.74) is 1.61. The highest BCUT2D eigenvalue weighted by Crippen LogP contribution is 2.42. The Hall–Kier alpha value is -1.04. The smallest absolute Gasteiger partial charge is 0.335 e. The summed E-state index contributed by atoms with van der Waals surface area (Å²) in [4.78, 5) is 0. The van der Waals surface area contributed by atoms with Gasteiger partial charge < -0.3 is 9.47 Å². The normalized spacial score (nSPS) is 24.2. The molecule has 1 heterocycles. The van der Waals surface area contributed by atoms with Crippen LogP contribution < -0.4 is 4.72 Å². The van der Waals surface area contributed by atoms with Crippen molar-refractivity contribution in [3.63, 3.8) is 0 Å². The molecule has 2 aromatic rings. The van der Waals surface area contributed by atoms with Crippen LogP contribution in [0.25, 0.3) is 0 Å². The molecule has 0 saturated carbocycles. The van der Waals surface area contributed by atoms with Gasteiger partial charge >= 0.3 is 10.3 Å². The molecule has 1 aliphatic rings. The fraction of sp³-hybridized carbons (Fsp3) is 0.250. The van der Waals surface area contributed by atoms with Crippen molar-refractivity contribution in [3.05, 3.63) is 69.3 Å². The van der Waals surface area contributed by atoms with Gasteiger partial charge in [0.15, 0.2) is 6.29 Å². The zero-order valence-electron chi connectivity index (χ0n) is 12.8. The van der Waals surface area contributed by atoms with Gasteiger partial charge in [-0.15, -0.1) is 0 Å². The van der Waals surface area contributed by atoms with Crippen LogP contribution in [-0.4, -0.2) is 21.8 Å². The number of rotatable bonds is 5. The third kappa shape index (κ3) is 3.95. The molecule has 8 heteroatoms. The molecular formula is C16H16INO5S. The quantitative estimate of drug-likeness (QED) is 0.694. The predicted molar refractivity (Wildman–Crippen MR) is 96.1 cm³/mol. The summed E-state index contributed by atoms with van der Waals surface area (Å²) >= 11 is 2.17. The van der Waals surface area contributed by atoms with Crippen LogP contribution in [0.1, 0.15) is 23.5 Å². The number of halogens is 1. The zero-order chi connectivity index (χ0) is 17.2. The van der Waals surface area contributed by atoms with Gasteiger partial charge in [-0.1, -0.05) is 48.5 Å². The average Bonchev–Trinajstić information content (AvgIpc) is 2.99. The van der Waals surface area contributed by atoms with Crippen molar-refractivity contribution >= 4 is 32.9 Å². The molecule has 1 fully saturated rings. The summed E-state index contributed by atoms with van der Waals surface area (Å²) in [7, 11) is -2.64. The van der Waals surface area contributed by atoms with Gasteiger partial charge in [0.2, 0.25) is 6.29 Å². The Kier molecular flexibility index (Phi) is 5.52. The minimum Gasteiger partial charge on any atom is -0.335 e. The first-order valence-corrected chi connectivity index (χ1v) is 9.71. The third-order valence-corrected chi connectivity index (χ3v) is 5.46. The minimum absolute atomic E-state index is 0.661. The summed E-state index contributed by atoms with van der Waals surface area (Å²) in [5, 5.41) is 0. The first-order chi connectivity index (χ1) is 11.5. The first-order valence-electron chi connectivity index (χ1n) is 7.22. The largest absolute Gasteiger partial charge is 0.338 e. The number of ether oxygens (including phenoxy) is 2. The lowest BCUT2D eigenvalue weighted by Crippen LogP contribution is -2.30. The van der Waals surface area contributed by atoms with E-state index in [-0.39, 0.29) is 0 Å². The van der Waals surface area contributed by atoms with Gasteiger partial charge in [0.25, 0.3) is 0 Å². The van der Waals surface area contributed by atoms with Crippen molar-refractivity contribution in [2.24, 2.45) is 0 Å². The van der Waals surface area contributed by atoms with E-state index in [2.05, 4.69) is 27.3 Å². The Morgan fingerprint density at radius 2 is 1.71 bits per heavy atom. The Balaban J connectivity index is 1.92. The van der Waals surface area contributed by atoms with Gasteiger partial charge in [-0.3, -0.25) is 0 Å². The fourth-order valence-electron chi connectivity index (χ4n) is 2.36. The number of benzene rings is 2. The zero-order valence-corrected chi connectivity index (χ0v) is 15.7. The fourth-order valence-corrected chi connectivity index (χ4v) is 3.55. The van der Waals surface area contributed by atoms with Crippen molar-refractivity contribution < 1.29 is 22.1 Å². The van der Waals surface area contributed by atoms with E-state index < -0.39 is 29.0 Å². The summed E-state index contributed by atoms with van der Waals surface area (Å²) in [6, 6.07) is 16.9. The predicted octanol–water partition coefficient (Wildman–Crippen LogP) is 2.88. The summed E-state index contributed by atoms with van der Waals surface area (Å²) in [6.45, 7) is 0. The van der Waals surface area contributed by atoms with Crippen LogP contribution in [0, 0.1) is 3.57 Å². The molecule has 3 atom stereocenters. The van der Waals surface area contributed by atoms with E-state index in [0.29, 0.717) is 0 Å². The highest BCUT2D eigenvalue weighted by atomic mass is 127. The Labute approximate surface area is 154 Å². The van der Waals surface area contributed by atoms with E-state index in [4.69, 9.17) is 13.7 Å². The van der Waals surface area contributed by atoms with Crippen LogP contribution in [0.3, 0.4) is 0 Å². The van der Waals surface area contributed by atoms with Crippen LogP contribution >= 0.6 is 22.6 Å². The SMILES string of the molecule is CNS(=O)(=O)OC1OC(c2ccccc2)OC1c1ccccc1I. The lowest BCUT2D eigenvalue weighted by Gasteiger charge is -2.17. The van der Waals surface area contributed by atoms with Crippen molar-refractivity contribution in [2.45, 2.75) is 18.7 Å². The van der Waals surface area contributed by atoms with Crippen LogP contribution in [0.15, 0.2) is 54.6 Å². The molecule has 0 aliphatic carbocycles. The molecule has 0 radical (unpaired) electrons. The topological polar surface area (TPSA) is 73.9 Å². The second-order valence-electron chi connectivity index (χ2n) is 5.08. The summed E-state index contributed by atoms with van der Waals surface area (Å²) < 4.78 is 43.5. The van der Waals surface area contributed by atoms with Crippen molar-refractivity contribution in [2.75, 3.05) is 7.05 Å². The molecule has 0 aromatic heterocycles. The molecule has 1 saturated heterocycles. The first kappa shape index (κ1) is 17.8. The lowest BCUT2D eigenvalue weighted by atomic mass is 10.1. The van der Waals surface area contributed by atoms with Gasteiger partial charge in [-0.2, -0.15) is 13.1 Å². The molecule has 1 aliphatic heterocycles. The molecular weight excluding hydrogens is 445 g/mol. The van der Waals surface area contributed by atoms with Crippen LogP contribution in [0.5, 0.6) is 0 Å². The van der Waals surface area contributed by atoms with Crippen LogP contribution in [-0.2, 0) is 24.0 Å². The highest BCUT2D eigenvalue weighted by Gasteiger charge is 2.42. The van der Waals surface area contributed by atoms with Crippen molar-refractivity contribution in [1.82, 2.24) is 4.72 Å². The second-order valence-corrected chi connectivity index (χ2v) is 7.75.